The second-order valence-electron chi connectivity index (χ2n) is 8.36. The molecule has 1 aromatic rings. The van der Waals surface area contributed by atoms with Crippen molar-refractivity contribution in [3.05, 3.63) is 35.9 Å². The average molecular weight is 705 g/mol. The van der Waals surface area contributed by atoms with Crippen molar-refractivity contribution >= 4 is 16.2 Å². The molecule has 44 heavy (non-hydrogen) atoms. The first kappa shape index (κ1) is 39.2. The van der Waals surface area contributed by atoms with Crippen LogP contribution in [0.15, 0.2) is 30.3 Å². The number of rotatable bonds is 14. The molecule has 0 bridgehead atoms. The maximum atomic E-state index is 14.0. The lowest BCUT2D eigenvalue weighted by Gasteiger charge is -2.42. The fraction of sp³-hybridized carbons (Fsp3) is 0.650. The maximum absolute atomic E-state index is 14.0. The smallest absolute Gasteiger partial charge is 0.445 e. The summed E-state index contributed by atoms with van der Waals surface area (Å²) in [6.45, 7) is -2.88. The number of carbonyl (C=O) groups is 1. The van der Waals surface area contributed by atoms with Crippen LogP contribution in [-0.2, 0) is 25.6 Å². The van der Waals surface area contributed by atoms with Crippen LogP contribution in [-0.4, -0.2) is 86.1 Å². The van der Waals surface area contributed by atoms with Crippen LogP contribution in [0.1, 0.15) is 12.5 Å². The lowest BCUT2D eigenvalue weighted by Crippen LogP contribution is -2.75. The van der Waals surface area contributed by atoms with Crippen LogP contribution >= 0.6 is 0 Å². The molecule has 0 aromatic heterocycles. The molecule has 1 aromatic carbocycles. The van der Waals surface area contributed by atoms with Gasteiger partial charge in [0.05, 0.1) is 6.61 Å². The summed E-state index contributed by atoms with van der Waals surface area (Å²) in [6, 6.07) is 7.45. The molecular weight excluding hydrogens is 689 g/mol. The zero-order chi connectivity index (χ0) is 35.0. The molecule has 0 spiro atoms. The summed E-state index contributed by atoms with van der Waals surface area (Å²) < 4.78 is 258. The van der Waals surface area contributed by atoms with E-state index in [0.717, 1.165) is 6.92 Å². The van der Waals surface area contributed by atoms with Crippen molar-refractivity contribution in [1.29, 1.82) is 0 Å². The zero-order valence-electron chi connectivity index (χ0n) is 21.0. The van der Waals surface area contributed by atoms with Crippen LogP contribution in [0.3, 0.4) is 0 Å². The number of alkyl halides is 17. The van der Waals surface area contributed by atoms with Crippen LogP contribution in [0.25, 0.3) is 0 Å². The fourth-order valence-electron chi connectivity index (χ4n) is 2.83. The molecule has 0 aliphatic heterocycles. The fourth-order valence-corrected chi connectivity index (χ4v) is 3.71. The van der Waals surface area contributed by atoms with Crippen molar-refractivity contribution in [2.45, 2.75) is 60.5 Å². The molecule has 0 aliphatic rings. The summed E-state index contributed by atoms with van der Waals surface area (Å²) in [6.07, 6.45) is -9.27. The van der Waals surface area contributed by atoms with Crippen molar-refractivity contribution in [3.63, 3.8) is 0 Å². The van der Waals surface area contributed by atoms with Crippen molar-refractivity contribution in [3.8, 4) is 0 Å². The normalized spacial score (nSPS) is 14.9. The Labute approximate surface area is 234 Å². The van der Waals surface area contributed by atoms with E-state index in [4.69, 9.17) is 4.74 Å². The first-order valence-electron chi connectivity index (χ1n) is 11.0. The minimum Gasteiger partial charge on any atom is -0.445 e. The highest BCUT2D eigenvalue weighted by Gasteiger charge is 2.96. The largest absolute Gasteiger partial charge is 0.460 e. The quantitative estimate of drug-likeness (QED) is 0.155. The van der Waals surface area contributed by atoms with Gasteiger partial charge in [-0.1, -0.05) is 30.3 Å². The molecule has 0 heterocycles. The Morgan fingerprint density at radius 3 is 1.50 bits per heavy atom. The maximum Gasteiger partial charge on any atom is 0.460 e. The Morgan fingerprint density at radius 2 is 1.09 bits per heavy atom. The van der Waals surface area contributed by atoms with Gasteiger partial charge in [-0.15, -0.1) is 0 Å². The molecule has 0 N–H and O–H groups in total. The van der Waals surface area contributed by atoms with E-state index < -0.39 is 89.5 Å². The SMILES string of the molecule is CCN(CCOS(=O)(=O)C(F)(F)C(F)(F)C(F)(F)C(F)(F)C(F)(F)C(F)(F)C(F)(F)C(F)(F)F)C(=O)OCc1ccccc1. The summed E-state index contributed by atoms with van der Waals surface area (Å²) in [5.74, 6) is -52.2. The molecule has 1 amide bonds. The van der Waals surface area contributed by atoms with Gasteiger partial charge in [-0.3, -0.25) is 4.18 Å². The number of ether oxygens (including phenoxy) is 1. The van der Waals surface area contributed by atoms with Gasteiger partial charge in [0.1, 0.15) is 6.61 Å². The Morgan fingerprint density at radius 1 is 0.682 bits per heavy atom. The molecule has 24 heteroatoms. The van der Waals surface area contributed by atoms with E-state index in [-0.39, 0.29) is 0 Å². The third kappa shape index (κ3) is 6.32. The number of likely N-dealkylation sites (N-methyl/N-ethyl adjacent to an activating group) is 1. The van der Waals surface area contributed by atoms with Gasteiger partial charge in [-0.25, -0.2) is 4.79 Å². The lowest BCUT2D eigenvalue weighted by molar-refractivity contribution is -0.458. The molecule has 0 fully saturated rings. The second-order valence-corrected chi connectivity index (χ2v) is 10.0. The summed E-state index contributed by atoms with van der Waals surface area (Å²) in [5, 5.41) is -7.80. The predicted octanol–water partition coefficient (Wildman–Crippen LogP) is 6.96. The van der Waals surface area contributed by atoms with E-state index in [1.807, 2.05) is 0 Å². The van der Waals surface area contributed by atoms with Gasteiger partial charge in [0.25, 0.3) is 0 Å². The molecule has 1 rings (SSSR count). The standard InChI is InChI=1S/C20H16F17NO5S/c1-2-38(12(39)42-10-11-6-4-3-5-7-11)8-9-43-44(40,41)20(36,37)18(31,32)16(27,28)14(23,24)13(21,22)15(25,26)17(29,30)19(33,34)35/h3-7H,2,8-10H2,1H3. The van der Waals surface area contributed by atoms with Gasteiger partial charge in [-0.05, 0) is 12.5 Å². The van der Waals surface area contributed by atoms with E-state index in [0.29, 0.717) is 10.5 Å². The highest BCUT2D eigenvalue weighted by molar-refractivity contribution is 7.87. The van der Waals surface area contributed by atoms with Crippen LogP contribution in [0.4, 0.5) is 79.4 Å². The number of hydrogen-bond acceptors (Lipinski definition) is 5. The minimum atomic E-state index is -8.94. The van der Waals surface area contributed by atoms with Crippen LogP contribution < -0.4 is 0 Å². The van der Waals surface area contributed by atoms with E-state index in [1.54, 1.807) is 6.07 Å². The Bertz CT molecular complexity index is 1250. The molecule has 0 saturated carbocycles. The molecule has 0 atom stereocenters. The molecule has 0 aliphatic carbocycles. The number of hydrogen-bond donors (Lipinski definition) is 0. The van der Waals surface area contributed by atoms with Crippen LogP contribution in [0, 0.1) is 0 Å². The van der Waals surface area contributed by atoms with Crippen molar-refractivity contribution < 1.29 is 96.8 Å². The third-order valence-electron chi connectivity index (χ3n) is 5.45. The predicted molar refractivity (Wildman–Crippen MR) is 109 cm³/mol. The van der Waals surface area contributed by atoms with Crippen molar-refractivity contribution in [1.82, 2.24) is 4.90 Å². The van der Waals surface area contributed by atoms with Gasteiger partial charge in [0, 0.05) is 13.1 Å². The topological polar surface area (TPSA) is 72.9 Å². The monoisotopic (exact) mass is 705 g/mol. The first-order valence-corrected chi connectivity index (χ1v) is 12.4. The molecule has 6 nitrogen and oxygen atoms in total. The van der Waals surface area contributed by atoms with Crippen LogP contribution in [0.2, 0.25) is 0 Å². The molecule has 256 valence electrons. The number of carbonyl (C=O) groups excluding carboxylic acids is 1. The minimum absolute atomic E-state index is 0.376. The van der Waals surface area contributed by atoms with Gasteiger partial charge in [0.2, 0.25) is 0 Å². The zero-order valence-corrected chi connectivity index (χ0v) is 21.9. The van der Waals surface area contributed by atoms with E-state index >= 15 is 0 Å². The number of nitrogens with zero attached hydrogens (tertiary/aromatic N) is 1. The second kappa shape index (κ2) is 12.2. The molecule has 0 unspecified atom stereocenters. The van der Waals surface area contributed by atoms with Gasteiger partial charge < -0.3 is 9.64 Å². The first-order chi connectivity index (χ1) is 19.4. The van der Waals surface area contributed by atoms with E-state index in [9.17, 15) is 87.8 Å². The summed E-state index contributed by atoms with van der Waals surface area (Å²) in [4.78, 5) is 12.4. The van der Waals surface area contributed by atoms with E-state index in [2.05, 4.69) is 4.18 Å². The summed E-state index contributed by atoms with van der Waals surface area (Å²) in [5.41, 5.74) is 0.376. The van der Waals surface area contributed by atoms with Crippen LogP contribution in [0.5, 0.6) is 0 Å². The Hall–Kier alpha value is -2.79. The van der Waals surface area contributed by atoms with Gasteiger partial charge in [-0.2, -0.15) is 83.1 Å². The highest BCUT2D eigenvalue weighted by Crippen LogP contribution is 2.64. The van der Waals surface area contributed by atoms with Crippen molar-refractivity contribution in [2.24, 2.45) is 0 Å². The summed E-state index contributed by atoms with van der Waals surface area (Å²) >= 11 is 0. The number of halogens is 17. The third-order valence-corrected chi connectivity index (χ3v) is 6.81. The average Bonchev–Trinajstić information content (AvgIpc) is 2.88. The Kier molecular flexibility index (Phi) is 10.9. The molecule has 0 saturated heterocycles. The Balaban J connectivity index is 3.27. The molecule has 0 radical (unpaired) electrons. The van der Waals surface area contributed by atoms with E-state index in [1.165, 1.54) is 24.3 Å². The number of amides is 1. The lowest BCUT2D eigenvalue weighted by atomic mass is 9.91. The van der Waals surface area contributed by atoms with Gasteiger partial charge in [0.15, 0.2) is 0 Å². The summed E-state index contributed by atoms with van der Waals surface area (Å²) in [7, 11) is -7.71. The van der Waals surface area contributed by atoms with Crippen molar-refractivity contribution in [2.75, 3.05) is 19.7 Å². The molecular formula is C20H16F17NO5S. The number of benzene rings is 1. The van der Waals surface area contributed by atoms with Gasteiger partial charge >= 0.3 is 63.2 Å². The highest BCUT2D eigenvalue weighted by atomic mass is 32.2.